The van der Waals surface area contributed by atoms with Crippen LogP contribution >= 0.6 is 0 Å². The second kappa shape index (κ2) is 4.83. The van der Waals surface area contributed by atoms with E-state index in [1.807, 2.05) is 0 Å². The summed E-state index contributed by atoms with van der Waals surface area (Å²) in [5, 5.41) is 32.2. The molecule has 0 radical (unpaired) electrons. The van der Waals surface area contributed by atoms with Crippen LogP contribution in [0.25, 0.3) is 0 Å². The first-order valence-corrected chi connectivity index (χ1v) is 9.45. The van der Waals surface area contributed by atoms with Gasteiger partial charge >= 0.3 is 0 Å². The van der Waals surface area contributed by atoms with E-state index in [4.69, 9.17) is 0 Å². The average Bonchev–Trinajstić information content (AvgIpc) is 2.72. The molecule has 0 aromatic heterocycles. The van der Waals surface area contributed by atoms with Crippen molar-refractivity contribution in [3.8, 4) is 0 Å². The zero-order chi connectivity index (χ0) is 16.6. The van der Waals surface area contributed by atoms with E-state index in [-0.39, 0.29) is 22.9 Å². The highest BCUT2D eigenvalue weighted by molar-refractivity contribution is 5.29. The third-order valence-electron chi connectivity index (χ3n) is 8.77. The van der Waals surface area contributed by atoms with E-state index < -0.39 is 12.2 Å². The Morgan fingerprint density at radius 1 is 1.13 bits per heavy atom. The Kier molecular flexibility index (Phi) is 3.38. The number of rotatable bonds is 1. The van der Waals surface area contributed by atoms with Crippen LogP contribution in [0.4, 0.5) is 0 Å². The van der Waals surface area contributed by atoms with Gasteiger partial charge in [0.2, 0.25) is 0 Å². The van der Waals surface area contributed by atoms with Crippen LogP contribution in [0, 0.1) is 34.0 Å². The largest absolute Gasteiger partial charge is 0.396 e. The molecule has 0 saturated heterocycles. The summed E-state index contributed by atoms with van der Waals surface area (Å²) < 4.78 is 0. The van der Waals surface area contributed by atoms with Gasteiger partial charge in [-0.05, 0) is 72.7 Å². The summed E-state index contributed by atoms with van der Waals surface area (Å²) in [6.07, 6.45) is 6.18. The van der Waals surface area contributed by atoms with Crippen molar-refractivity contribution in [1.29, 1.82) is 0 Å². The Bertz CT molecular complexity index is 531. The Hall–Kier alpha value is -0.380. The smallest absolute Gasteiger partial charge is 0.0834 e. The van der Waals surface area contributed by atoms with E-state index in [0.29, 0.717) is 17.8 Å². The van der Waals surface area contributed by atoms with Crippen molar-refractivity contribution in [2.75, 3.05) is 6.61 Å². The molecular formula is C20H32O3. The first-order chi connectivity index (χ1) is 10.8. The molecule has 3 nitrogen and oxygen atoms in total. The van der Waals surface area contributed by atoms with Gasteiger partial charge in [0.15, 0.2) is 0 Å². The molecule has 4 aliphatic carbocycles. The molecule has 0 heterocycles. The molecule has 0 aromatic carbocycles. The van der Waals surface area contributed by atoms with Crippen LogP contribution in [0.15, 0.2) is 12.2 Å². The zero-order valence-electron chi connectivity index (χ0n) is 14.6. The fraction of sp³-hybridized carbons (Fsp3) is 0.900. The molecule has 3 N–H and O–H groups in total. The summed E-state index contributed by atoms with van der Waals surface area (Å²) in [7, 11) is 0. The summed E-state index contributed by atoms with van der Waals surface area (Å²) in [6.45, 7) is 8.96. The molecule has 0 aliphatic heterocycles. The zero-order valence-corrected chi connectivity index (χ0v) is 14.6. The van der Waals surface area contributed by atoms with E-state index in [1.165, 1.54) is 0 Å². The molecule has 23 heavy (non-hydrogen) atoms. The van der Waals surface area contributed by atoms with E-state index in [2.05, 4.69) is 20.4 Å². The predicted molar refractivity (Wildman–Crippen MR) is 89.7 cm³/mol. The van der Waals surface area contributed by atoms with Crippen molar-refractivity contribution in [1.82, 2.24) is 0 Å². The van der Waals surface area contributed by atoms with Crippen LogP contribution in [0.1, 0.15) is 58.8 Å². The van der Waals surface area contributed by atoms with E-state index >= 15 is 0 Å². The van der Waals surface area contributed by atoms with Gasteiger partial charge in [-0.25, -0.2) is 0 Å². The van der Waals surface area contributed by atoms with Crippen LogP contribution in [-0.4, -0.2) is 34.1 Å². The van der Waals surface area contributed by atoms with E-state index in [0.717, 1.165) is 50.5 Å². The van der Waals surface area contributed by atoms with Gasteiger partial charge in [-0.3, -0.25) is 0 Å². The summed E-state index contributed by atoms with van der Waals surface area (Å²) in [5.41, 5.74) is 0.617. The fourth-order valence-corrected chi connectivity index (χ4v) is 7.61. The molecule has 130 valence electrons. The second-order valence-corrected chi connectivity index (χ2v) is 9.60. The lowest BCUT2D eigenvalue weighted by atomic mass is 9.40. The SMILES string of the molecule is C=C1[C@H]2CC[C@@H]3C(C2)([C@H](O)C[C@@H]2[C@@](C)(CO)CCC[C@@]32C)[C@H]1O. The maximum absolute atomic E-state index is 11.2. The molecule has 1 spiro atoms. The van der Waals surface area contributed by atoms with Crippen molar-refractivity contribution in [2.24, 2.45) is 34.0 Å². The van der Waals surface area contributed by atoms with Gasteiger partial charge in [0, 0.05) is 12.0 Å². The average molecular weight is 320 g/mol. The highest BCUT2D eigenvalue weighted by Gasteiger charge is 2.69. The number of aliphatic hydroxyl groups is 3. The van der Waals surface area contributed by atoms with Crippen LogP contribution in [0.2, 0.25) is 0 Å². The van der Waals surface area contributed by atoms with Crippen molar-refractivity contribution >= 4 is 0 Å². The molecule has 4 saturated carbocycles. The van der Waals surface area contributed by atoms with Gasteiger partial charge in [-0.1, -0.05) is 26.8 Å². The standard InChI is InChI=1S/C20H32O3/c1-12-13-5-6-14-19(3)8-4-7-18(2,11-21)15(19)9-16(22)20(14,10-13)17(12)23/h13-17,21-23H,1,4-11H2,2-3H3/t13-,14-,15+,16+,17-,18+,19-,20?/m0/s1. The Labute approximate surface area is 139 Å². The summed E-state index contributed by atoms with van der Waals surface area (Å²) in [6, 6.07) is 0. The third-order valence-corrected chi connectivity index (χ3v) is 8.77. The Morgan fingerprint density at radius 3 is 2.57 bits per heavy atom. The quantitative estimate of drug-likeness (QED) is 0.651. The first kappa shape index (κ1) is 16.1. The van der Waals surface area contributed by atoms with Crippen LogP contribution < -0.4 is 0 Å². The maximum Gasteiger partial charge on any atom is 0.0834 e. The van der Waals surface area contributed by atoms with Crippen molar-refractivity contribution in [3.63, 3.8) is 0 Å². The Balaban J connectivity index is 1.81. The molecule has 4 fully saturated rings. The van der Waals surface area contributed by atoms with Gasteiger partial charge < -0.3 is 15.3 Å². The number of fused-ring (bicyclic) bond motifs is 3. The third kappa shape index (κ3) is 1.77. The van der Waals surface area contributed by atoms with Gasteiger partial charge in [0.25, 0.3) is 0 Å². The highest BCUT2D eigenvalue weighted by atomic mass is 16.3. The minimum atomic E-state index is -0.546. The Morgan fingerprint density at radius 2 is 1.87 bits per heavy atom. The van der Waals surface area contributed by atoms with Crippen molar-refractivity contribution in [3.05, 3.63) is 12.2 Å². The second-order valence-electron chi connectivity index (χ2n) is 9.60. The summed E-state index contributed by atoms with van der Waals surface area (Å²) in [5.74, 6) is 1.08. The molecule has 0 amide bonds. The molecule has 3 heteroatoms. The monoisotopic (exact) mass is 320 g/mol. The lowest BCUT2D eigenvalue weighted by Gasteiger charge is -2.65. The molecule has 1 unspecified atom stereocenters. The fourth-order valence-electron chi connectivity index (χ4n) is 7.61. The number of aliphatic hydroxyl groups excluding tert-OH is 3. The lowest BCUT2D eigenvalue weighted by molar-refractivity contribution is -0.225. The van der Waals surface area contributed by atoms with Crippen LogP contribution in [-0.2, 0) is 0 Å². The molecule has 0 aromatic rings. The van der Waals surface area contributed by atoms with Crippen molar-refractivity contribution < 1.29 is 15.3 Å². The lowest BCUT2D eigenvalue weighted by Crippen LogP contribution is -2.64. The van der Waals surface area contributed by atoms with Gasteiger partial charge in [-0.2, -0.15) is 0 Å². The van der Waals surface area contributed by atoms with E-state index in [9.17, 15) is 15.3 Å². The number of hydrogen-bond acceptors (Lipinski definition) is 3. The normalized spacial score (nSPS) is 58.7. The van der Waals surface area contributed by atoms with Gasteiger partial charge in [-0.15, -0.1) is 0 Å². The molecule has 4 aliphatic rings. The highest BCUT2D eigenvalue weighted by Crippen LogP contribution is 2.71. The first-order valence-electron chi connectivity index (χ1n) is 9.45. The van der Waals surface area contributed by atoms with Gasteiger partial charge in [0.05, 0.1) is 12.2 Å². The minimum Gasteiger partial charge on any atom is -0.396 e. The topological polar surface area (TPSA) is 60.7 Å². The minimum absolute atomic E-state index is 0.0903. The molecule has 8 atom stereocenters. The summed E-state index contributed by atoms with van der Waals surface area (Å²) in [4.78, 5) is 0. The van der Waals surface area contributed by atoms with Gasteiger partial charge in [0.1, 0.15) is 0 Å². The molecule has 4 rings (SSSR count). The molecule has 2 bridgehead atoms. The molecular weight excluding hydrogens is 288 g/mol. The predicted octanol–water partition coefficient (Wildman–Crippen LogP) is 2.89. The van der Waals surface area contributed by atoms with Crippen LogP contribution in [0.3, 0.4) is 0 Å². The van der Waals surface area contributed by atoms with Crippen LogP contribution in [0.5, 0.6) is 0 Å². The maximum atomic E-state index is 11.2. The van der Waals surface area contributed by atoms with E-state index in [1.54, 1.807) is 0 Å². The van der Waals surface area contributed by atoms with Crippen molar-refractivity contribution in [2.45, 2.75) is 71.0 Å². The summed E-state index contributed by atoms with van der Waals surface area (Å²) >= 11 is 0. The number of hydrogen-bond donors (Lipinski definition) is 3.